The number of nitrogen functional groups attached to an aromatic ring is 1. The predicted octanol–water partition coefficient (Wildman–Crippen LogP) is 1.46. The van der Waals surface area contributed by atoms with Gasteiger partial charge in [-0.25, -0.2) is 9.67 Å². The van der Waals surface area contributed by atoms with Crippen molar-refractivity contribution in [2.45, 2.75) is 0 Å². The van der Waals surface area contributed by atoms with E-state index >= 15 is 0 Å². The van der Waals surface area contributed by atoms with Gasteiger partial charge in [0.25, 0.3) is 0 Å². The average molecular weight is 217 g/mol. The van der Waals surface area contributed by atoms with Gasteiger partial charge in [0.2, 0.25) is 5.13 Å². The van der Waals surface area contributed by atoms with Crippen LogP contribution in [-0.2, 0) is 0 Å². The first kappa shape index (κ1) is 8.37. The van der Waals surface area contributed by atoms with Crippen molar-refractivity contribution >= 4 is 28.1 Å². The number of rotatable bonds is 1. The van der Waals surface area contributed by atoms with Gasteiger partial charge in [-0.2, -0.15) is 9.47 Å². The van der Waals surface area contributed by atoms with E-state index in [1.807, 2.05) is 18.2 Å². The maximum Gasteiger partial charge on any atom is 0.230 e. The molecule has 0 fully saturated rings. The second kappa shape index (κ2) is 3.03. The SMILES string of the molecule is Nc1ccc2cnn(-c3ncns3)c2c1. The number of hydrogen-bond acceptors (Lipinski definition) is 5. The maximum atomic E-state index is 5.73. The highest BCUT2D eigenvalue weighted by molar-refractivity contribution is 7.08. The van der Waals surface area contributed by atoms with Gasteiger partial charge in [0.1, 0.15) is 6.33 Å². The van der Waals surface area contributed by atoms with Gasteiger partial charge in [-0.3, -0.25) is 0 Å². The zero-order valence-corrected chi connectivity index (χ0v) is 8.48. The van der Waals surface area contributed by atoms with Crippen LogP contribution in [0.4, 0.5) is 5.69 Å². The third kappa shape index (κ3) is 1.26. The number of hydrogen-bond donors (Lipinski definition) is 1. The van der Waals surface area contributed by atoms with Crippen LogP contribution in [0.1, 0.15) is 0 Å². The van der Waals surface area contributed by atoms with Crippen molar-refractivity contribution in [1.82, 2.24) is 19.1 Å². The fourth-order valence-corrected chi connectivity index (χ4v) is 1.95. The Hall–Kier alpha value is -1.95. The summed E-state index contributed by atoms with van der Waals surface area (Å²) >= 11 is 1.30. The Balaban J connectivity index is 2.32. The Morgan fingerprint density at radius 2 is 2.27 bits per heavy atom. The molecule has 0 spiro atoms. The topological polar surface area (TPSA) is 69.6 Å². The van der Waals surface area contributed by atoms with E-state index in [1.54, 1.807) is 10.9 Å². The Morgan fingerprint density at radius 1 is 1.33 bits per heavy atom. The van der Waals surface area contributed by atoms with E-state index in [0.717, 1.165) is 16.0 Å². The van der Waals surface area contributed by atoms with Crippen LogP contribution in [0, 0.1) is 0 Å². The molecule has 2 N–H and O–H groups in total. The third-order valence-corrected chi connectivity index (χ3v) is 2.77. The molecule has 2 aromatic heterocycles. The molecule has 0 atom stereocenters. The summed E-state index contributed by atoms with van der Waals surface area (Å²) in [6.07, 6.45) is 3.30. The van der Waals surface area contributed by atoms with E-state index in [1.165, 1.54) is 17.9 Å². The number of fused-ring (bicyclic) bond motifs is 1. The molecule has 5 nitrogen and oxygen atoms in total. The van der Waals surface area contributed by atoms with Crippen molar-refractivity contribution in [3.05, 3.63) is 30.7 Å². The van der Waals surface area contributed by atoms with Gasteiger partial charge in [0.15, 0.2) is 0 Å². The molecule has 3 aromatic rings. The highest BCUT2D eigenvalue weighted by atomic mass is 32.1. The molecule has 3 rings (SSSR count). The van der Waals surface area contributed by atoms with Crippen LogP contribution in [-0.4, -0.2) is 19.1 Å². The van der Waals surface area contributed by atoms with E-state index in [0.29, 0.717) is 5.69 Å². The minimum Gasteiger partial charge on any atom is -0.399 e. The first-order valence-corrected chi connectivity index (χ1v) is 5.12. The third-order valence-electron chi connectivity index (χ3n) is 2.13. The van der Waals surface area contributed by atoms with Crippen molar-refractivity contribution in [2.24, 2.45) is 0 Å². The lowest BCUT2D eigenvalue weighted by atomic mass is 10.2. The van der Waals surface area contributed by atoms with Gasteiger partial charge in [-0.15, -0.1) is 0 Å². The minimum absolute atomic E-state index is 0.716. The van der Waals surface area contributed by atoms with E-state index in [9.17, 15) is 0 Å². The number of aromatic nitrogens is 4. The summed E-state index contributed by atoms with van der Waals surface area (Å²) in [7, 11) is 0. The van der Waals surface area contributed by atoms with Crippen LogP contribution in [0.5, 0.6) is 0 Å². The predicted molar refractivity (Wildman–Crippen MR) is 58.9 cm³/mol. The van der Waals surface area contributed by atoms with Crippen molar-refractivity contribution < 1.29 is 0 Å². The number of nitrogens with zero attached hydrogens (tertiary/aromatic N) is 4. The molecular formula is C9H7N5S. The van der Waals surface area contributed by atoms with Crippen LogP contribution >= 0.6 is 11.5 Å². The minimum atomic E-state index is 0.716. The van der Waals surface area contributed by atoms with Crippen LogP contribution in [0.15, 0.2) is 30.7 Å². The molecule has 0 aliphatic carbocycles. The second-order valence-corrected chi connectivity index (χ2v) is 3.86. The molecule has 0 saturated carbocycles. The second-order valence-electron chi connectivity index (χ2n) is 3.10. The smallest absolute Gasteiger partial charge is 0.230 e. The molecule has 2 heterocycles. The summed E-state index contributed by atoms with van der Waals surface area (Å²) in [5.41, 5.74) is 7.40. The Bertz CT molecular complexity index is 598. The molecule has 0 saturated heterocycles. The first-order chi connectivity index (χ1) is 7.34. The Labute approximate surface area is 89.3 Å². The normalized spacial score (nSPS) is 10.9. The number of nitrogens with two attached hydrogens (primary N) is 1. The van der Waals surface area contributed by atoms with Crippen LogP contribution in [0.25, 0.3) is 16.0 Å². The Kier molecular flexibility index (Phi) is 1.69. The first-order valence-electron chi connectivity index (χ1n) is 4.35. The van der Waals surface area contributed by atoms with Crippen LogP contribution in [0.2, 0.25) is 0 Å². The lowest BCUT2D eigenvalue weighted by Gasteiger charge is -1.97. The zero-order valence-electron chi connectivity index (χ0n) is 7.66. The fraction of sp³-hybridized carbons (Fsp3) is 0. The van der Waals surface area contributed by atoms with Gasteiger partial charge in [0.05, 0.1) is 11.7 Å². The van der Waals surface area contributed by atoms with Crippen molar-refractivity contribution in [2.75, 3.05) is 5.73 Å². The van der Waals surface area contributed by atoms with Crippen LogP contribution < -0.4 is 5.73 Å². The zero-order chi connectivity index (χ0) is 10.3. The highest BCUT2D eigenvalue weighted by Gasteiger charge is 2.07. The van der Waals surface area contributed by atoms with Gasteiger partial charge in [-0.1, -0.05) is 0 Å². The van der Waals surface area contributed by atoms with Crippen molar-refractivity contribution in [3.8, 4) is 5.13 Å². The lowest BCUT2D eigenvalue weighted by Crippen LogP contribution is -1.95. The summed E-state index contributed by atoms with van der Waals surface area (Å²) < 4.78 is 5.69. The summed E-state index contributed by atoms with van der Waals surface area (Å²) in [5.74, 6) is 0. The number of anilines is 1. The van der Waals surface area contributed by atoms with Crippen molar-refractivity contribution in [1.29, 1.82) is 0 Å². The standard InChI is InChI=1S/C9H7N5S/c10-7-2-1-6-4-12-14(8(6)3-7)9-11-5-13-15-9/h1-5H,10H2. The molecule has 0 amide bonds. The molecule has 0 bridgehead atoms. The molecule has 0 aliphatic heterocycles. The quantitative estimate of drug-likeness (QED) is 0.626. The molecule has 74 valence electrons. The monoisotopic (exact) mass is 217 g/mol. The Morgan fingerprint density at radius 3 is 3.07 bits per heavy atom. The molecule has 1 aromatic carbocycles. The van der Waals surface area contributed by atoms with E-state index in [4.69, 9.17) is 5.73 Å². The summed E-state index contributed by atoms with van der Waals surface area (Å²) in [4.78, 5) is 4.11. The molecule has 6 heteroatoms. The average Bonchev–Trinajstić information content (AvgIpc) is 2.83. The van der Waals surface area contributed by atoms with E-state index in [-0.39, 0.29) is 0 Å². The van der Waals surface area contributed by atoms with Crippen LogP contribution in [0.3, 0.4) is 0 Å². The molecule has 15 heavy (non-hydrogen) atoms. The number of benzene rings is 1. The molecule has 0 radical (unpaired) electrons. The highest BCUT2D eigenvalue weighted by Crippen LogP contribution is 2.20. The summed E-state index contributed by atoms with van der Waals surface area (Å²) in [6, 6.07) is 5.67. The van der Waals surface area contributed by atoms with Gasteiger partial charge < -0.3 is 5.73 Å². The molecule has 0 aliphatic rings. The lowest BCUT2D eigenvalue weighted by molar-refractivity contribution is 0.898. The molecule has 0 unspecified atom stereocenters. The van der Waals surface area contributed by atoms with E-state index < -0.39 is 0 Å². The van der Waals surface area contributed by atoms with Gasteiger partial charge >= 0.3 is 0 Å². The van der Waals surface area contributed by atoms with Gasteiger partial charge in [0, 0.05) is 22.6 Å². The fourth-order valence-electron chi connectivity index (χ4n) is 1.45. The van der Waals surface area contributed by atoms with Crippen molar-refractivity contribution in [3.63, 3.8) is 0 Å². The summed E-state index contributed by atoms with van der Waals surface area (Å²) in [6.45, 7) is 0. The molecular weight excluding hydrogens is 210 g/mol. The van der Waals surface area contributed by atoms with Gasteiger partial charge in [-0.05, 0) is 18.2 Å². The maximum absolute atomic E-state index is 5.73. The summed E-state index contributed by atoms with van der Waals surface area (Å²) in [5, 5.41) is 6.03. The largest absolute Gasteiger partial charge is 0.399 e. The van der Waals surface area contributed by atoms with E-state index in [2.05, 4.69) is 14.5 Å².